The van der Waals surface area contributed by atoms with E-state index < -0.39 is 6.10 Å². The summed E-state index contributed by atoms with van der Waals surface area (Å²) in [5.74, 6) is -0.384. The van der Waals surface area contributed by atoms with Crippen molar-refractivity contribution < 1.29 is 14.6 Å². The summed E-state index contributed by atoms with van der Waals surface area (Å²) in [5, 5.41) is 10.1. The molecule has 0 bridgehead atoms. The molecule has 0 saturated heterocycles. The molecule has 0 radical (unpaired) electrons. The molecule has 0 amide bonds. The Morgan fingerprint density at radius 2 is 1.80 bits per heavy atom. The molecular formula is C17H18O3. The van der Waals surface area contributed by atoms with E-state index in [-0.39, 0.29) is 12.4 Å². The van der Waals surface area contributed by atoms with Gasteiger partial charge in [0.1, 0.15) is 0 Å². The number of benzene rings is 2. The summed E-state index contributed by atoms with van der Waals surface area (Å²) in [7, 11) is 0. The Labute approximate surface area is 118 Å². The van der Waals surface area contributed by atoms with E-state index in [2.05, 4.69) is 0 Å². The Kier molecular flexibility index (Phi) is 4.91. The Morgan fingerprint density at radius 1 is 1.10 bits per heavy atom. The lowest BCUT2D eigenvalue weighted by molar-refractivity contribution is -0.145. The van der Waals surface area contributed by atoms with Crippen LogP contribution in [0, 0.1) is 0 Å². The zero-order valence-electron chi connectivity index (χ0n) is 11.5. The number of ether oxygens (including phenoxy) is 1. The van der Waals surface area contributed by atoms with Crippen LogP contribution in [0.3, 0.4) is 0 Å². The van der Waals surface area contributed by atoms with Gasteiger partial charge in [-0.15, -0.1) is 0 Å². The maximum absolute atomic E-state index is 11.4. The minimum absolute atomic E-state index is 0.0217. The summed E-state index contributed by atoms with van der Waals surface area (Å²) in [6.45, 7) is 2.08. The predicted octanol–water partition coefficient (Wildman–Crippen LogP) is 3.34. The molecule has 0 aliphatic carbocycles. The average molecular weight is 270 g/mol. The van der Waals surface area contributed by atoms with Crippen LogP contribution in [0.5, 0.6) is 0 Å². The summed E-state index contributed by atoms with van der Waals surface area (Å²) >= 11 is 0. The molecule has 0 heterocycles. The molecule has 0 fully saturated rings. The summed E-state index contributed by atoms with van der Waals surface area (Å²) in [4.78, 5) is 11.4. The van der Waals surface area contributed by atoms with Crippen LogP contribution >= 0.6 is 0 Å². The van der Waals surface area contributed by atoms with Crippen molar-refractivity contribution in [3.63, 3.8) is 0 Å². The Morgan fingerprint density at radius 3 is 2.50 bits per heavy atom. The number of carbonyl (C=O) groups excluding carboxylic acids is 1. The van der Waals surface area contributed by atoms with Crippen LogP contribution in [-0.2, 0) is 9.53 Å². The van der Waals surface area contributed by atoms with E-state index in [0.29, 0.717) is 6.61 Å². The van der Waals surface area contributed by atoms with E-state index in [1.54, 1.807) is 6.92 Å². The van der Waals surface area contributed by atoms with Gasteiger partial charge in [-0.1, -0.05) is 48.5 Å². The average Bonchev–Trinajstić information content (AvgIpc) is 2.48. The van der Waals surface area contributed by atoms with Gasteiger partial charge in [0.15, 0.2) is 0 Å². The molecule has 0 aliphatic heterocycles. The molecule has 1 unspecified atom stereocenters. The highest BCUT2D eigenvalue weighted by molar-refractivity contribution is 5.70. The van der Waals surface area contributed by atoms with Crippen molar-refractivity contribution in [3.8, 4) is 11.1 Å². The van der Waals surface area contributed by atoms with Gasteiger partial charge < -0.3 is 9.84 Å². The summed E-state index contributed by atoms with van der Waals surface area (Å²) in [5.41, 5.74) is 2.82. The van der Waals surface area contributed by atoms with Gasteiger partial charge in [0.2, 0.25) is 0 Å². The highest BCUT2D eigenvalue weighted by Crippen LogP contribution is 2.24. The normalized spacial score (nSPS) is 11.9. The first kappa shape index (κ1) is 14.3. The van der Waals surface area contributed by atoms with Gasteiger partial charge in [0.05, 0.1) is 19.1 Å². The van der Waals surface area contributed by atoms with Gasteiger partial charge in [0.25, 0.3) is 0 Å². The fraction of sp³-hybridized carbons (Fsp3) is 0.235. The van der Waals surface area contributed by atoms with Crippen LogP contribution in [0.25, 0.3) is 11.1 Å². The van der Waals surface area contributed by atoms with Crippen molar-refractivity contribution >= 4 is 5.97 Å². The lowest BCUT2D eigenvalue weighted by atomic mass is 9.99. The number of hydrogen-bond acceptors (Lipinski definition) is 3. The van der Waals surface area contributed by atoms with Crippen molar-refractivity contribution in [3.05, 3.63) is 60.2 Å². The van der Waals surface area contributed by atoms with Crippen LogP contribution < -0.4 is 0 Å². The first-order chi connectivity index (χ1) is 9.70. The van der Waals surface area contributed by atoms with Crippen LogP contribution in [0.1, 0.15) is 25.0 Å². The minimum Gasteiger partial charge on any atom is -0.466 e. The number of carbonyl (C=O) groups is 1. The monoisotopic (exact) mass is 270 g/mol. The van der Waals surface area contributed by atoms with E-state index in [1.807, 2.05) is 54.6 Å². The van der Waals surface area contributed by atoms with E-state index >= 15 is 0 Å². The standard InChI is InChI=1S/C17H18O3/c1-2-20-17(19)12-16(18)15-10-6-9-14(11-15)13-7-4-3-5-8-13/h3-11,16,18H,2,12H2,1H3. The molecule has 3 heteroatoms. The Balaban J connectivity index is 2.15. The van der Waals surface area contributed by atoms with Crippen LogP contribution in [0.2, 0.25) is 0 Å². The summed E-state index contributed by atoms with van der Waals surface area (Å²) in [6, 6.07) is 17.5. The van der Waals surface area contributed by atoms with Crippen molar-refractivity contribution in [2.45, 2.75) is 19.4 Å². The van der Waals surface area contributed by atoms with Gasteiger partial charge in [-0.3, -0.25) is 4.79 Å². The topological polar surface area (TPSA) is 46.5 Å². The lowest BCUT2D eigenvalue weighted by Crippen LogP contribution is -2.10. The van der Waals surface area contributed by atoms with E-state index in [9.17, 15) is 9.90 Å². The zero-order valence-corrected chi connectivity index (χ0v) is 11.5. The maximum Gasteiger partial charge on any atom is 0.308 e. The highest BCUT2D eigenvalue weighted by Gasteiger charge is 2.14. The first-order valence-corrected chi connectivity index (χ1v) is 6.69. The number of hydrogen-bond donors (Lipinski definition) is 1. The van der Waals surface area contributed by atoms with Crippen molar-refractivity contribution in [1.82, 2.24) is 0 Å². The van der Waals surface area contributed by atoms with Gasteiger partial charge >= 0.3 is 5.97 Å². The second kappa shape index (κ2) is 6.87. The van der Waals surface area contributed by atoms with Gasteiger partial charge in [-0.2, -0.15) is 0 Å². The fourth-order valence-electron chi connectivity index (χ4n) is 2.05. The lowest BCUT2D eigenvalue weighted by Gasteiger charge is -2.12. The number of aliphatic hydroxyl groups is 1. The Hall–Kier alpha value is -2.13. The second-order valence-electron chi connectivity index (χ2n) is 4.52. The zero-order chi connectivity index (χ0) is 14.4. The third-order valence-electron chi connectivity index (χ3n) is 3.04. The van der Waals surface area contributed by atoms with Crippen molar-refractivity contribution in [2.24, 2.45) is 0 Å². The van der Waals surface area contributed by atoms with Gasteiger partial charge in [-0.05, 0) is 29.7 Å². The van der Waals surface area contributed by atoms with Crippen LogP contribution in [-0.4, -0.2) is 17.7 Å². The number of rotatable bonds is 5. The molecule has 20 heavy (non-hydrogen) atoms. The third kappa shape index (κ3) is 3.68. The SMILES string of the molecule is CCOC(=O)CC(O)c1cccc(-c2ccccc2)c1. The summed E-state index contributed by atoms with van der Waals surface area (Å²) < 4.78 is 4.85. The van der Waals surface area contributed by atoms with Crippen LogP contribution in [0.15, 0.2) is 54.6 Å². The van der Waals surface area contributed by atoms with Crippen LogP contribution in [0.4, 0.5) is 0 Å². The molecule has 2 aromatic carbocycles. The number of esters is 1. The van der Waals surface area contributed by atoms with Gasteiger partial charge in [0, 0.05) is 0 Å². The minimum atomic E-state index is -0.835. The first-order valence-electron chi connectivity index (χ1n) is 6.69. The fourth-order valence-corrected chi connectivity index (χ4v) is 2.05. The third-order valence-corrected chi connectivity index (χ3v) is 3.04. The van der Waals surface area contributed by atoms with E-state index in [0.717, 1.165) is 16.7 Å². The smallest absolute Gasteiger partial charge is 0.308 e. The molecule has 0 aromatic heterocycles. The molecule has 2 rings (SSSR count). The molecule has 0 saturated carbocycles. The van der Waals surface area contributed by atoms with Crippen molar-refractivity contribution in [2.75, 3.05) is 6.61 Å². The van der Waals surface area contributed by atoms with E-state index in [1.165, 1.54) is 0 Å². The maximum atomic E-state index is 11.4. The van der Waals surface area contributed by atoms with E-state index in [4.69, 9.17) is 4.74 Å². The molecule has 0 spiro atoms. The Bertz CT molecular complexity index is 563. The molecule has 2 aromatic rings. The molecule has 1 atom stereocenters. The molecule has 3 nitrogen and oxygen atoms in total. The highest BCUT2D eigenvalue weighted by atomic mass is 16.5. The molecular weight excluding hydrogens is 252 g/mol. The molecule has 104 valence electrons. The largest absolute Gasteiger partial charge is 0.466 e. The van der Waals surface area contributed by atoms with Gasteiger partial charge in [-0.25, -0.2) is 0 Å². The van der Waals surface area contributed by atoms with Crippen molar-refractivity contribution in [1.29, 1.82) is 0 Å². The summed E-state index contributed by atoms with van der Waals surface area (Å²) in [6.07, 6.45) is -0.857. The predicted molar refractivity (Wildman–Crippen MR) is 78.1 cm³/mol. The molecule has 0 aliphatic rings. The quantitative estimate of drug-likeness (QED) is 0.848. The molecule has 1 N–H and O–H groups in total. The number of aliphatic hydroxyl groups excluding tert-OH is 1. The second-order valence-corrected chi connectivity index (χ2v) is 4.52.